The Balaban J connectivity index is 1.71. The number of carbonyl (C=O) groups excluding carboxylic acids is 2. The van der Waals surface area contributed by atoms with Crippen LogP contribution >= 0.6 is 0 Å². The highest BCUT2D eigenvalue weighted by Crippen LogP contribution is 2.33. The first kappa shape index (κ1) is 13.2. The second-order valence-corrected chi connectivity index (χ2v) is 5.69. The predicted molar refractivity (Wildman–Crippen MR) is 74.2 cm³/mol. The average Bonchev–Trinajstić information content (AvgIpc) is 3.29. The van der Waals surface area contributed by atoms with Crippen LogP contribution in [0.3, 0.4) is 0 Å². The summed E-state index contributed by atoms with van der Waals surface area (Å²) in [6.07, 6.45) is 3.93. The lowest BCUT2D eigenvalue weighted by Crippen LogP contribution is -2.36. The Hall–Kier alpha value is -1.84. The van der Waals surface area contributed by atoms with E-state index >= 15 is 0 Å². The Morgan fingerprint density at radius 2 is 2.10 bits per heavy atom. The van der Waals surface area contributed by atoms with Crippen molar-refractivity contribution >= 4 is 11.9 Å². The molecule has 1 saturated carbocycles. The number of amides is 1. The van der Waals surface area contributed by atoms with Gasteiger partial charge in [-0.2, -0.15) is 0 Å². The summed E-state index contributed by atoms with van der Waals surface area (Å²) in [5.74, 6) is 0.598. The topological polar surface area (TPSA) is 46.6 Å². The van der Waals surface area contributed by atoms with Gasteiger partial charge in [-0.1, -0.05) is 6.07 Å². The number of fused-ring (bicyclic) bond motifs is 1. The zero-order valence-corrected chi connectivity index (χ0v) is 11.7. The molecule has 0 saturated heterocycles. The van der Waals surface area contributed by atoms with Gasteiger partial charge >= 0.3 is 5.97 Å². The van der Waals surface area contributed by atoms with Crippen molar-refractivity contribution in [2.45, 2.75) is 32.2 Å². The SMILES string of the molecule is COC(=O)c1ccc2c(c1)CCN(C(=O)CC1CC1)C2. The van der Waals surface area contributed by atoms with Gasteiger partial charge in [0.05, 0.1) is 12.7 Å². The van der Waals surface area contributed by atoms with Gasteiger partial charge in [-0.05, 0) is 48.4 Å². The molecule has 0 radical (unpaired) electrons. The standard InChI is InChI=1S/C16H19NO3/c1-20-16(19)13-4-5-14-10-17(7-6-12(14)9-13)15(18)8-11-2-3-11/h4-5,9,11H,2-3,6-8,10H2,1H3. The van der Waals surface area contributed by atoms with E-state index in [2.05, 4.69) is 0 Å². The maximum atomic E-state index is 12.1. The van der Waals surface area contributed by atoms with Gasteiger partial charge in [-0.15, -0.1) is 0 Å². The van der Waals surface area contributed by atoms with Gasteiger partial charge in [0.25, 0.3) is 0 Å². The van der Waals surface area contributed by atoms with Crippen molar-refractivity contribution in [3.63, 3.8) is 0 Å². The monoisotopic (exact) mass is 273 g/mol. The highest BCUT2D eigenvalue weighted by atomic mass is 16.5. The van der Waals surface area contributed by atoms with E-state index in [4.69, 9.17) is 4.74 Å². The molecule has 1 fully saturated rings. The molecule has 0 atom stereocenters. The van der Waals surface area contributed by atoms with Crippen LogP contribution in [-0.2, 0) is 22.5 Å². The van der Waals surface area contributed by atoms with Gasteiger partial charge < -0.3 is 9.64 Å². The Morgan fingerprint density at radius 3 is 2.80 bits per heavy atom. The molecule has 1 aromatic carbocycles. The molecule has 0 bridgehead atoms. The van der Waals surface area contributed by atoms with Gasteiger partial charge in [-0.3, -0.25) is 4.79 Å². The number of rotatable bonds is 3. The minimum absolute atomic E-state index is 0.273. The van der Waals surface area contributed by atoms with Crippen LogP contribution in [-0.4, -0.2) is 30.4 Å². The molecule has 20 heavy (non-hydrogen) atoms. The summed E-state index contributed by atoms with van der Waals surface area (Å²) < 4.78 is 4.73. The Morgan fingerprint density at radius 1 is 1.30 bits per heavy atom. The van der Waals surface area contributed by atoms with E-state index in [1.807, 2.05) is 17.0 Å². The first-order chi connectivity index (χ1) is 9.67. The average molecular weight is 273 g/mol. The van der Waals surface area contributed by atoms with E-state index in [9.17, 15) is 9.59 Å². The third-order valence-electron chi connectivity index (χ3n) is 4.15. The molecule has 0 aromatic heterocycles. The van der Waals surface area contributed by atoms with Gasteiger partial charge in [0.2, 0.25) is 5.91 Å². The van der Waals surface area contributed by atoms with Crippen LogP contribution < -0.4 is 0 Å². The van der Waals surface area contributed by atoms with Crippen LogP contribution in [0.5, 0.6) is 0 Å². The fraction of sp³-hybridized carbons (Fsp3) is 0.500. The minimum Gasteiger partial charge on any atom is -0.465 e. The van der Waals surface area contributed by atoms with Crippen LogP contribution in [0.4, 0.5) is 0 Å². The first-order valence-electron chi connectivity index (χ1n) is 7.15. The molecular formula is C16H19NO3. The van der Waals surface area contributed by atoms with Crippen LogP contribution in [0.15, 0.2) is 18.2 Å². The van der Waals surface area contributed by atoms with Crippen molar-refractivity contribution in [3.8, 4) is 0 Å². The van der Waals surface area contributed by atoms with Gasteiger partial charge in [0.15, 0.2) is 0 Å². The smallest absolute Gasteiger partial charge is 0.337 e. The second kappa shape index (κ2) is 5.27. The van der Waals surface area contributed by atoms with Crippen LogP contribution in [0.25, 0.3) is 0 Å². The first-order valence-corrected chi connectivity index (χ1v) is 7.15. The summed E-state index contributed by atoms with van der Waals surface area (Å²) in [6, 6.07) is 5.61. The molecule has 3 rings (SSSR count). The molecule has 2 aliphatic rings. The third-order valence-corrected chi connectivity index (χ3v) is 4.15. The number of benzene rings is 1. The van der Waals surface area contributed by atoms with Gasteiger partial charge in [0.1, 0.15) is 0 Å². The number of hydrogen-bond acceptors (Lipinski definition) is 3. The number of carbonyl (C=O) groups is 2. The Kier molecular flexibility index (Phi) is 3.47. The van der Waals surface area contributed by atoms with Crippen LogP contribution in [0, 0.1) is 5.92 Å². The normalized spacial score (nSPS) is 17.6. The lowest BCUT2D eigenvalue weighted by atomic mass is 9.97. The molecule has 1 aromatic rings. The molecular weight excluding hydrogens is 254 g/mol. The van der Waals surface area contributed by atoms with Crippen molar-refractivity contribution in [3.05, 3.63) is 34.9 Å². The minimum atomic E-state index is -0.306. The molecule has 0 spiro atoms. The van der Waals surface area contributed by atoms with Gasteiger partial charge in [-0.25, -0.2) is 4.79 Å². The number of ether oxygens (including phenoxy) is 1. The molecule has 1 amide bonds. The number of nitrogens with zero attached hydrogens (tertiary/aromatic N) is 1. The zero-order valence-electron chi connectivity index (χ0n) is 11.7. The van der Waals surface area contributed by atoms with E-state index in [-0.39, 0.29) is 11.9 Å². The summed E-state index contributed by atoms with van der Waals surface area (Å²) in [4.78, 5) is 25.6. The maximum absolute atomic E-state index is 12.1. The number of hydrogen-bond donors (Lipinski definition) is 0. The van der Waals surface area contributed by atoms with Crippen molar-refractivity contribution < 1.29 is 14.3 Å². The summed E-state index contributed by atoms with van der Waals surface area (Å²) in [7, 11) is 1.39. The molecule has 0 N–H and O–H groups in total. The summed E-state index contributed by atoms with van der Waals surface area (Å²) in [6.45, 7) is 1.42. The summed E-state index contributed by atoms with van der Waals surface area (Å²) in [5.41, 5.74) is 2.89. The van der Waals surface area contributed by atoms with Crippen LogP contribution in [0.1, 0.15) is 40.7 Å². The fourth-order valence-electron chi connectivity index (χ4n) is 2.71. The molecule has 4 nitrogen and oxygen atoms in total. The van der Waals surface area contributed by atoms with Crippen molar-refractivity contribution in [1.82, 2.24) is 4.90 Å². The maximum Gasteiger partial charge on any atom is 0.337 e. The quantitative estimate of drug-likeness (QED) is 0.793. The van der Waals surface area contributed by atoms with E-state index < -0.39 is 0 Å². The van der Waals surface area contributed by atoms with E-state index in [1.54, 1.807) is 6.07 Å². The largest absolute Gasteiger partial charge is 0.465 e. The van der Waals surface area contributed by atoms with E-state index in [0.717, 1.165) is 24.1 Å². The molecule has 1 heterocycles. The third kappa shape index (κ3) is 2.69. The summed E-state index contributed by atoms with van der Waals surface area (Å²) in [5, 5.41) is 0. The lowest BCUT2D eigenvalue weighted by Gasteiger charge is -2.29. The van der Waals surface area contributed by atoms with E-state index in [1.165, 1.54) is 20.0 Å². The zero-order chi connectivity index (χ0) is 14.1. The highest BCUT2D eigenvalue weighted by molar-refractivity contribution is 5.89. The van der Waals surface area contributed by atoms with Gasteiger partial charge in [0, 0.05) is 19.5 Å². The van der Waals surface area contributed by atoms with Crippen molar-refractivity contribution in [2.24, 2.45) is 5.92 Å². The number of esters is 1. The molecule has 106 valence electrons. The highest BCUT2D eigenvalue weighted by Gasteiger charge is 2.28. The summed E-state index contributed by atoms with van der Waals surface area (Å²) >= 11 is 0. The second-order valence-electron chi connectivity index (χ2n) is 5.69. The van der Waals surface area contributed by atoms with Crippen molar-refractivity contribution in [2.75, 3.05) is 13.7 Å². The van der Waals surface area contributed by atoms with Crippen LogP contribution in [0.2, 0.25) is 0 Å². The Bertz CT molecular complexity index is 549. The van der Waals surface area contributed by atoms with Crippen molar-refractivity contribution in [1.29, 1.82) is 0 Å². The van der Waals surface area contributed by atoms with E-state index in [0.29, 0.717) is 24.4 Å². The molecule has 4 heteroatoms. The number of methoxy groups -OCH3 is 1. The molecule has 1 aliphatic heterocycles. The molecule has 1 aliphatic carbocycles. The molecule has 0 unspecified atom stereocenters. The Labute approximate surface area is 118 Å². The lowest BCUT2D eigenvalue weighted by molar-refractivity contribution is -0.132. The predicted octanol–water partition coefficient (Wildman–Crippen LogP) is 2.16. The fourth-order valence-corrected chi connectivity index (χ4v) is 2.71.